The van der Waals surface area contributed by atoms with Crippen molar-refractivity contribution >= 4 is 11.8 Å². The van der Waals surface area contributed by atoms with Crippen molar-refractivity contribution in [2.75, 3.05) is 33.2 Å². The van der Waals surface area contributed by atoms with E-state index >= 15 is 0 Å². The third-order valence-electron chi connectivity index (χ3n) is 4.00. The molecule has 0 aliphatic carbocycles. The molecule has 2 rings (SSSR count). The molecule has 1 unspecified atom stereocenters. The average molecular weight is 253 g/mol. The van der Waals surface area contributed by atoms with Crippen molar-refractivity contribution in [1.82, 2.24) is 15.5 Å². The van der Waals surface area contributed by atoms with Gasteiger partial charge in [0.2, 0.25) is 11.8 Å². The van der Waals surface area contributed by atoms with E-state index in [0.717, 1.165) is 45.3 Å². The Labute approximate surface area is 108 Å². The van der Waals surface area contributed by atoms with E-state index in [1.165, 1.54) is 0 Å². The Morgan fingerprint density at radius 1 is 1.22 bits per heavy atom. The predicted molar refractivity (Wildman–Crippen MR) is 69.0 cm³/mol. The Kier molecular flexibility index (Phi) is 4.58. The third kappa shape index (κ3) is 3.02. The van der Waals surface area contributed by atoms with Gasteiger partial charge in [0.1, 0.15) is 0 Å². The van der Waals surface area contributed by atoms with E-state index < -0.39 is 0 Å². The lowest BCUT2D eigenvalue weighted by molar-refractivity contribution is -0.139. The van der Waals surface area contributed by atoms with Gasteiger partial charge < -0.3 is 15.5 Å². The van der Waals surface area contributed by atoms with Crippen LogP contribution in [0.3, 0.4) is 0 Å². The zero-order chi connectivity index (χ0) is 13.0. The first kappa shape index (κ1) is 13.3. The van der Waals surface area contributed by atoms with Crippen molar-refractivity contribution in [3.05, 3.63) is 0 Å². The summed E-state index contributed by atoms with van der Waals surface area (Å²) in [6.07, 6.45) is 3.88. The van der Waals surface area contributed by atoms with Crippen LogP contribution in [0.1, 0.15) is 25.7 Å². The van der Waals surface area contributed by atoms with Gasteiger partial charge in [-0.05, 0) is 32.2 Å². The second-order valence-electron chi connectivity index (χ2n) is 5.28. The number of hydrogen-bond donors (Lipinski definition) is 2. The van der Waals surface area contributed by atoms with E-state index in [4.69, 9.17) is 0 Å². The van der Waals surface area contributed by atoms with Gasteiger partial charge in [-0.15, -0.1) is 0 Å². The van der Waals surface area contributed by atoms with Gasteiger partial charge in [0.25, 0.3) is 0 Å². The van der Waals surface area contributed by atoms with Gasteiger partial charge in [0, 0.05) is 26.7 Å². The van der Waals surface area contributed by atoms with Crippen LogP contribution in [0.4, 0.5) is 0 Å². The predicted octanol–water partition coefficient (Wildman–Crippen LogP) is -0.0294. The maximum atomic E-state index is 12.4. The number of hydrogen-bond acceptors (Lipinski definition) is 3. The van der Waals surface area contributed by atoms with E-state index in [-0.39, 0.29) is 23.7 Å². The monoisotopic (exact) mass is 253 g/mol. The zero-order valence-corrected chi connectivity index (χ0v) is 11.1. The quantitative estimate of drug-likeness (QED) is 0.726. The summed E-state index contributed by atoms with van der Waals surface area (Å²) < 4.78 is 0. The van der Waals surface area contributed by atoms with E-state index in [9.17, 15) is 9.59 Å². The smallest absolute Gasteiger partial charge is 0.226 e. The lowest BCUT2D eigenvalue weighted by Crippen LogP contribution is -2.49. The van der Waals surface area contributed by atoms with Gasteiger partial charge in [-0.2, -0.15) is 0 Å². The number of carbonyl (C=O) groups is 2. The van der Waals surface area contributed by atoms with E-state index in [1.54, 1.807) is 7.05 Å². The molecule has 2 N–H and O–H groups in total. The van der Waals surface area contributed by atoms with Crippen LogP contribution in [0.2, 0.25) is 0 Å². The molecular weight excluding hydrogens is 230 g/mol. The number of likely N-dealkylation sites (tertiary alicyclic amines) is 1. The molecule has 102 valence electrons. The fraction of sp³-hybridized carbons (Fsp3) is 0.846. The van der Waals surface area contributed by atoms with E-state index in [0.29, 0.717) is 6.54 Å². The molecule has 18 heavy (non-hydrogen) atoms. The maximum Gasteiger partial charge on any atom is 0.226 e. The van der Waals surface area contributed by atoms with Crippen LogP contribution >= 0.6 is 0 Å². The zero-order valence-electron chi connectivity index (χ0n) is 11.1. The number of rotatable bonds is 2. The Bertz CT molecular complexity index is 313. The number of piperidine rings is 2. The van der Waals surface area contributed by atoms with Crippen LogP contribution < -0.4 is 10.6 Å². The highest BCUT2D eigenvalue weighted by Crippen LogP contribution is 2.21. The van der Waals surface area contributed by atoms with Gasteiger partial charge in [0.05, 0.1) is 11.8 Å². The topological polar surface area (TPSA) is 61.4 Å². The van der Waals surface area contributed by atoms with Crippen molar-refractivity contribution < 1.29 is 9.59 Å². The lowest BCUT2D eigenvalue weighted by Gasteiger charge is -2.35. The molecule has 2 saturated heterocycles. The molecule has 2 heterocycles. The molecule has 5 nitrogen and oxygen atoms in total. The molecule has 0 aromatic rings. The Morgan fingerprint density at radius 3 is 2.67 bits per heavy atom. The van der Waals surface area contributed by atoms with Crippen molar-refractivity contribution in [3.63, 3.8) is 0 Å². The van der Waals surface area contributed by atoms with Crippen molar-refractivity contribution in [2.45, 2.75) is 25.7 Å². The summed E-state index contributed by atoms with van der Waals surface area (Å²) >= 11 is 0. The number of carbonyl (C=O) groups excluding carboxylic acids is 2. The van der Waals surface area contributed by atoms with Crippen LogP contribution in [-0.2, 0) is 9.59 Å². The Hall–Kier alpha value is -1.10. The summed E-state index contributed by atoms with van der Waals surface area (Å²) in [7, 11) is 1.66. The second kappa shape index (κ2) is 6.18. The summed E-state index contributed by atoms with van der Waals surface area (Å²) in [6, 6.07) is 0. The first-order valence-electron chi connectivity index (χ1n) is 6.93. The summed E-state index contributed by atoms with van der Waals surface area (Å²) in [4.78, 5) is 25.9. The molecule has 0 radical (unpaired) electrons. The highest BCUT2D eigenvalue weighted by atomic mass is 16.2. The molecule has 0 aromatic carbocycles. The largest absolute Gasteiger partial charge is 0.359 e. The van der Waals surface area contributed by atoms with Gasteiger partial charge in [0.15, 0.2) is 0 Å². The highest BCUT2D eigenvalue weighted by Gasteiger charge is 2.31. The van der Waals surface area contributed by atoms with E-state index in [2.05, 4.69) is 10.6 Å². The number of nitrogens with one attached hydrogen (secondary N) is 2. The molecule has 0 bridgehead atoms. The van der Waals surface area contributed by atoms with Crippen LogP contribution in [0.5, 0.6) is 0 Å². The fourth-order valence-corrected chi connectivity index (χ4v) is 2.92. The molecule has 2 aliphatic rings. The average Bonchev–Trinajstić information content (AvgIpc) is 2.46. The van der Waals surface area contributed by atoms with Gasteiger partial charge in [-0.1, -0.05) is 0 Å². The minimum atomic E-state index is -0.0238. The standard InChI is InChI=1S/C13H23N3O2/c1-14-12(17)11-5-3-7-16(9-11)13(18)10-4-2-6-15-8-10/h10-11,15H,2-9H2,1H3,(H,14,17)/t10-,11?/m1/s1. The number of nitrogens with zero attached hydrogens (tertiary/aromatic N) is 1. The molecular formula is C13H23N3O2. The van der Waals surface area contributed by atoms with Gasteiger partial charge in [-0.25, -0.2) is 0 Å². The first-order valence-corrected chi connectivity index (χ1v) is 6.93. The van der Waals surface area contributed by atoms with Crippen LogP contribution in [0, 0.1) is 11.8 Å². The van der Waals surface area contributed by atoms with Gasteiger partial charge in [-0.3, -0.25) is 9.59 Å². The molecule has 5 heteroatoms. The molecule has 2 fully saturated rings. The molecule has 2 atom stereocenters. The first-order chi connectivity index (χ1) is 8.72. The Balaban J connectivity index is 1.91. The summed E-state index contributed by atoms with van der Waals surface area (Å²) in [6.45, 7) is 3.21. The van der Waals surface area contributed by atoms with Crippen molar-refractivity contribution in [1.29, 1.82) is 0 Å². The maximum absolute atomic E-state index is 12.4. The minimum Gasteiger partial charge on any atom is -0.359 e. The van der Waals surface area contributed by atoms with Crippen LogP contribution in [0.25, 0.3) is 0 Å². The minimum absolute atomic E-state index is 0.0238. The normalized spacial score (nSPS) is 28.8. The highest BCUT2D eigenvalue weighted by molar-refractivity contribution is 5.82. The molecule has 0 spiro atoms. The number of amides is 2. The Morgan fingerprint density at radius 2 is 2.00 bits per heavy atom. The summed E-state index contributed by atoms with van der Waals surface area (Å²) in [5.41, 5.74) is 0. The molecule has 0 saturated carbocycles. The molecule has 0 aromatic heterocycles. The third-order valence-corrected chi connectivity index (χ3v) is 4.00. The SMILES string of the molecule is CNC(=O)C1CCCN(C(=O)[C@@H]2CCCNC2)C1. The second-order valence-corrected chi connectivity index (χ2v) is 5.28. The van der Waals surface area contributed by atoms with Crippen molar-refractivity contribution in [3.8, 4) is 0 Å². The lowest BCUT2D eigenvalue weighted by atomic mass is 9.93. The fourth-order valence-electron chi connectivity index (χ4n) is 2.92. The molecule has 2 aliphatic heterocycles. The van der Waals surface area contributed by atoms with E-state index in [1.807, 2.05) is 4.90 Å². The van der Waals surface area contributed by atoms with Crippen molar-refractivity contribution in [2.24, 2.45) is 11.8 Å². The summed E-state index contributed by atoms with van der Waals surface area (Å²) in [5.74, 6) is 0.386. The van der Waals surface area contributed by atoms with Crippen LogP contribution in [0.15, 0.2) is 0 Å². The van der Waals surface area contributed by atoms with Gasteiger partial charge >= 0.3 is 0 Å². The molecule has 2 amide bonds. The summed E-state index contributed by atoms with van der Waals surface area (Å²) in [5, 5.41) is 5.96. The van der Waals surface area contributed by atoms with Crippen LogP contribution in [-0.4, -0.2) is 49.9 Å².